The molecule has 1 aromatic heterocycles. The predicted octanol–water partition coefficient (Wildman–Crippen LogP) is 3.43. The first-order valence-corrected chi connectivity index (χ1v) is 9.52. The number of thiocarbonyl (C=S) groups is 1. The maximum atomic E-state index is 13.3. The number of hydrogen-bond acceptors (Lipinski definition) is 5. The molecule has 154 valence electrons. The molecule has 3 heterocycles. The largest absolute Gasteiger partial charge is 0.494 e. The molecule has 0 radical (unpaired) electrons. The molecule has 2 aliphatic heterocycles. The van der Waals surface area contributed by atoms with Crippen LogP contribution < -0.4 is 9.64 Å². The van der Waals surface area contributed by atoms with E-state index >= 15 is 0 Å². The highest BCUT2D eigenvalue weighted by molar-refractivity contribution is 7.80. The van der Waals surface area contributed by atoms with Gasteiger partial charge in [0.1, 0.15) is 17.9 Å². The average molecular weight is 432 g/mol. The number of nitrogens with zero attached hydrogens (tertiary/aromatic N) is 4. The van der Waals surface area contributed by atoms with E-state index in [0.29, 0.717) is 25.3 Å². The van der Waals surface area contributed by atoms with Crippen molar-refractivity contribution in [2.45, 2.75) is 32.1 Å². The summed E-state index contributed by atoms with van der Waals surface area (Å²) >= 11 is 5.43. The van der Waals surface area contributed by atoms with Crippen molar-refractivity contribution < 1.29 is 22.7 Å². The molecular formula is C20H15F3N4O2S. The molecule has 0 aliphatic carbocycles. The first-order valence-electron chi connectivity index (χ1n) is 9.11. The van der Waals surface area contributed by atoms with E-state index < -0.39 is 29.4 Å². The van der Waals surface area contributed by atoms with Crippen LogP contribution in [0.2, 0.25) is 0 Å². The van der Waals surface area contributed by atoms with E-state index in [9.17, 15) is 18.0 Å². The zero-order valence-electron chi connectivity index (χ0n) is 15.7. The van der Waals surface area contributed by atoms with Gasteiger partial charge in [-0.2, -0.15) is 18.4 Å². The van der Waals surface area contributed by atoms with Crippen LogP contribution in [0.25, 0.3) is 0 Å². The van der Waals surface area contributed by atoms with E-state index in [0.717, 1.165) is 28.3 Å². The summed E-state index contributed by atoms with van der Waals surface area (Å²) in [6.07, 6.45) is -3.33. The third-order valence-electron chi connectivity index (χ3n) is 5.10. The van der Waals surface area contributed by atoms with Gasteiger partial charge in [0.05, 0.1) is 24.1 Å². The number of alkyl halides is 3. The summed E-state index contributed by atoms with van der Waals surface area (Å²) in [6.45, 7) is 2.74. The second kappa shape index (κ2) is 7.25. The van der Waals surface area contributed by atoms with Gasteiger partial charge in [-0.05, 0) is 48.5 Å². The number of anilines is 1. The molecule has 1 atom stereocenters. The van der Waals surface area contributed by atoms with Crippen molar-refractivity contribution in [1.29, 1.82) is 5.26 Å². The lowest BCUT2D eigenvalue weighted by atomic mass is 9.94. The number of fused-ring (bicyclic) bond motifs is 2. The van der Waals surface area contributed by atoms with E-state index in [1.54, 1.807) is 4.90 Å². The van der Waals surface area contributed by atoms with Crippen molar-refractivity contribution in [2.75, 3.05) is 11.5 Å². The first kappa shape index (κ1) is 20.1. The Kier molecular flexibility index (Phi) is 4.86. The van der Waals surface area contributed by atoms with Gasteiger partial charge in [-0.15, -0.1) is 0 Å². The lowest BCUT2D eigenvalue weighted by Gasteiger charge is -2.30. The molecule has 1 saturated heterocycles. The van der Waals surface area contributed by atoms with Crippen LogP contribution >= 0.6 is 12.2 Å². The number of rotatable bonds is 3. The van der Waals surface area contributed by atoms with Gasteiger partial charge < -0.3 is 9.64 Å². The number of ether oxygens (including phenoxy) is 1. The second-order valence-electron chi connectivity index (χ2n) is 6.87. The van der Waals surface area contributed by atoms with Crippen LogP contribution in [-0.2, 0) is 23.9 Å². The summed E-state index contributed by atoms with van der Waals surface area (Å²) < 4.78 is 45.5. The van der Waals surface area contributed by atoms with E-state index in [1.165, 1.54) is 6.07 Å². The summed E-state index contributed by atoms with van der Waals surface area (Å²) in [4.78, 5) is 19.4. The Labute approximate surface area is 175 Å². The van der Waals surface area contributed by atoms with Crippen LogP contribution in [0.3, 0.4) is 0 Å². The normalized spacial score (nSPS) is 18.2. The van der Waals surface area contributed by atoms with Crippen LogP contribution in [0.15, 0.2) is 30.5 Å². The van der Waals surface area contributed by atoms with Crippen LogP contribution in [0, 0.1) is 11.3 Å². The van der Waals surface area contributed by atoms with Crippen LogP contribution in [0.5, 0.6) is 5.75 Å². The highest BCUT2D eigenvalue weighted by Crippen LogP contribution is 2.37. The number of carbonyl (C=O) groups is 1. The number of halogens is 3. The van der Waals surface area contributed by atoms with Gasteiger partial charge >= 0.3 is 6.18 Å². The Morgan fingerprint density at radius 1 is 1.33 bits per heavy atom. The molecule has 2 aromatic rings. The summed E-state index contributed by atoms with van der Waals surface area (Å²) in [5.41, 5.74) is -0.149. The SMILES string of the molecule is CCOc1ccc2c(c1)CN1C(=S)N(c3cnc(C#N)c(C(F)(F)F)c3)C(=O)C1C2. The number of benzene rings is 1. The Balaban J connectivity index is 1.69. The zero-order valence-corrected chi connectivity index (χ0v) is 16.5. The number of nitriles is 1. The maximum Gasteiger partial charge on any atom is 0.419 e. The van der Waals surface area contributed by atoms with Gasteiger partial charge in [0.25, 0.3) is 5.91 Å². The lowest BCUT2D eigenvalue weighted by Crippen LogP contribution is -2.39. The molecule has 4 rings (SSSR count). The Hall–Kier alpha value is -3.19. The van der Waals surface area contributed by atoms with Crippen molar-refractivity contribution >= 4 is 28.9 Å². The Bertz CT molecular complexity index is 1100. The molecule has 0 bridgehead atoms. The summed E-state index contributed by atoms with van der Waals surface area (Å²) in [5.74, 6) is 0.285. The molecule has 6 nitrogen and oxygen atoms in total. The van der Waals surface area contributed by atoms with Gasteiger partial charge in [0.2, 0.25) is 0 Å². The molecule has 0 N–H and O–H groups in total. The minimum atomic E-state index is -4.78. The summed E-state index contributed by atoms with van der Waals surface area (Å²) in [5, 5.41) is 9.04. The van der Waals surface area contributed by atoms with Crippen molar-refractivity contribution in [3.63, 3.8) is 0 Å². The topological polar surface area (TPSA) is 69.5 Å². The molecule has 1 amide bonds. The fourth-order valence-electron chi connectivity index (χ4n) is 3.73. The third kappa shape index (κ3) is 3.25. The molecule has 0 saturated carbocycles. The molecule has 1 fully saturated rings. The van der Waals surface area contributed by atoms with Crippen molar-refractivity contribution in [3.8, 4) is 11.8 Å². The van der Waals surface area contributed by atoms with E-state index in [2.05, 4.69) is 4.98 Å². The van der Waals surface area contributed by atoms with Gasteiger partial charge in [-0.25, -0.2) is 4.98 Å². The fraction of sp³-hybridized carbons (Fsp3) is 0.300. The minimum absolute atomic E-state index is 0.107. The third-order valence-corrected chi connectivity index (χ3v) is 5.52. The Morgan fingerprint density at radius 3 is 2.77 bits per heavy atom. The van der Waals surface area contributed by atoms with Crippen molar-refractivity contribution in [3.05, 3.63) is 52.8 Å². The smallest absolute Gasteiger partial charge is 0.419 e. The fourth-order valence-corrected chi connectivity index (χ4v) is 4.12. The molecule has 1 aromatic carbocycles. The molecule has 10 heteroatoms. The standard InChI is InChI=1S/C20H15F3N4O2S/c1-2-29-14-4-3-11-6-17-18(28)27(19(30)26(17)10-12(11)5-14)13-7-15(20(21,22)23)16(8-24)25-9-13/h3-5,7,9,17H,2,6,10H2,1H3. The predicted molar refractivity (Wildman–Crippen MR) is 105 cm³/mol. The highest BCUT2D eigenvalue weighted by atomic mass is 32.1. The van der Waals surface area contributed by atoms with Crippen LogP contribution in [-0.4, -0.2) is 33.6 Å². The monoisotopic (exact) mass is 432 g/mol. The average Bonchev–Trinajstić information content (AvgIpc) is 2.95. The van der Waals surface area contributed by atoms with Gasteiger partial charge in [0.15, 0.2) is 10.8 Å². The highest BCUT2D eigenvalue weighted by Gasteiger charge is 2.46. The summed E-state index contributed by atoms with van der Waals surface area (Å²) in [6, 6.07) is 7.17. The molecule has 1 unspecified atom stereocenters. The second-order valence-corrected chi connectivity index (χ2v) is 7.23. The number of hydrogen-bond donors (Lipinski definition) is 0. The zero-order chi connectivity index (χ0) is 21.6. The van der Waals surface area contributed by atoms with Gasteiger partial charge in [0, 0.05) is 13.0 Å². The number of amides is 1. The van der Waals surface area contributed by atoms with Crippen LogP contribution in [0.4, 0.5) is 18.9 Å². The number of carbonyl (C=O) groups excluding carboxylic acids is 1. The molecule has 0 spiro atoms. The van der Waals surface area contributed by atoms with Crippen molar-refractivity contribution in [1.82, 2.24) is 9.88 Å². The maximum absolute atomic E-state index is 13.3. The van der Waals surface area contributed by atoms with E-state index in [-0.39, 0.29) is 10.8 Å². The Morgan fingerprint density at radius 2 is 2.10 bits per heavy atom. The molecular weight excluding hydrogens is 417 g/mol. The number of pyridine rings is 1. The van der Waals surface area contributed by atoms with E-state index in [4.69, 9.17) is 22.2 Å². The van der Waals surface area contributed by atoms with Crippen molar-refractivity contribution in [2.24, 2.45) is 0 Å². The number of aromatic nitrogens is 1. The van der Waals surface area contributed by atoms with Crippen LogP contribution in [0.1, 0.15) is 29.3 Å². The molecule has 2 aliphatic rings. The quantitative estimate of drug-likeness (QED) is 0.693. The van der Waals surface area contributed by atoms with E-state index in [1.807, 2.05) is 25.1 Å². The minimum Gasteiger partial charge on any atom is -0.494 e. The van der Waals surface area contributed by atoms with Gasteiger partial charge in [-0.1, -0.05) is 6.07 Å². The molecule has 30 heavy (non-hydrogen) atoms. The lowest BCUT2D eigenvalue weighted by molar-refractivity contribution is -0.138. The van der Waals surface area contributed by atoms with Gasteiger partial charge in [-0.3, -0.25) is 9.69 Å². The summed E-state index contributed by atoms with van der Waals surface area (Å²) in [7, 11) is 0. The first-order chi connectivity index (χ1) is 14.2.